The van der Waals surface area contributed by atoms with E-state index in [9.17, 15) is 0 Å². The van der Waals surface area contributed by atoms with Crippen molar-refractivity contribution >= 4 is 0 Å². The van der Waals surface area contributed by atoms with Gasteiger partial charge in [-0.1, -0.05) is 26.7 Å². The zero-order valence-corrected chi connectivity index (χ0v) is 10.4. The van der Waals surface area contributed by atoms with E-state index in [1.165, 1.54) is 0 Å². The summed E-state index contributed by atoms with van der Waals surface area (Å²) in [6.45, 7) is 6.71. The van der Waals surface area contributed by atoms with Crippen LogP contribution in [-0.2, 0) is 18.9 Å². The highest BCUT2D eigenvalue weighted by atomic mass is 16.8. The van der Waals surface area contributed by atoms with Crippen LogP contribution in [0.25, 0.3) is 0 Å². The van der Waals surface area contributed by atoms with Crippen LogP contribution >= 0.6 is 0 Å². The molecular formula is C12H24O4. The molecule has 16 heavy (non-hydrogen) atoms. The van der Waals surface area contributed by atoms with Gasteiger partial charge in [-0.2, -0.15) is 0 Å². The molecule has 0 aromatic carbocycles. The van der Waals surface area contributed by atoms with E-state index in [2.05, 4.69) is 13.8 Å². The smallest absolute Gasteiger partial charge is 0.181 e. The molecule has 1 fully saturated rings. The van der Waals surface area contributed by atoms with Crippen LogP contribution in [0.4, 0.5) is 0 Å². The lowest BCUT2D eigenvalue weighted by molar-refractivity contribution is -0.289. The molecule has 1 heterocycles. The van der Waals surface area contributed by atoms with Gasteiger partial charge in [-0.15, -0.1) is 0 Å². The van der Waals surface area contributed by atoms with E-state index in [4.69, 9.17) is 18.9 Å². The molecule has 4 heteroatoms. The van der Waals surface area contributed by atoms with Crippen LogP contribution in [0.15, 0.2) is 0 Å². The third-order valence-corrected chi connectivity index (χ3v) is 2.44. The Bertz CT molecular complexity index is 137. The molecule has 0 aromatic rings. The molecule has 2 atom stereocenters. The van der Waals surface area contributed by atoms with Crippen molar-refractivity contribution in [1.29, 1.82) is 0 Å². The predicted molar refractivity (Wildman–Crippen MR) is 61.2 cm³/mol. The van der Waals surface area contributed by atoms with Crippen molar-refractivity contribution in [3.63, 3.8) is 0 Å². The van der Waals surface area contributed by atoms with Crippen molar-refractivity contribution in [1.82, 2.24) is 0 Å². The third-order valence-electron chi connectivity index (χ3n) is 2.44. The molecule has 0 amide bonds. The molecule has 0 N–H and O–H groups in total. The predicted octanol–water partition coefficient (Wildman–Crippen LogP) is 2.32. The van der Waals surface area contributed by atoms with Gasteiger partial charge in [-0.05, 0) is 12.8 Å². The van der Waals surface area contributed by atoms with Crippen LogP contribution in [0.3, 0.4) is 0 Å². The minimum absolute atomic E-state index is 0.211. The Hall–Kier alpha value is -0.160. The number of hydrogen-bond acceptors (Lipinski definition) is 4. The fourth-order valence-corrected chi connectivity index (χ4v) is 1.38. The highest BCUT2D eigenvalue weighted by Gasteiger charge is 2.22. The summed E-state index contributed by atoms with van der Waals surface area (Å²) in [6, 6.07) is 0. The average molecular weight is 232 g/mol. The molecule has 0 spiro atoms. The van der Waals surface area contributed by atoms with Crippen LogP contribution in [0.5, 0.6) is 0 Å². The zero-order valence-electron chi connectivity index (χ0n) is 10.4. The van der Waals surface area contributed by atoms with Crippen LogP contribution in [0.1, 0.15) is 39.5 Å². The molecular weight excluding hydrogens is 208 g/mol. The van der Waals surface area contributed by atoms with Gasteiger partial charge < -0.3 is 18.9 Å². The number of hydrogen-bond donors (Lipinski definition) is 0. The summed E-state index contributed by atoms with van der Waals surface area (Å²) in [7, 11) is 0. The molecule has 0 aromatic heterocycles. The maximum Gasteiger partial charge on any atom is 0.181 e. The van der Waals surface area contributed by atoms with Gasteiger partial charge in [0.05, 0.1) is 0 Å². The Morgan fingerprint density at radius 2 is 1.31 bits per heavy atom. The first kappa shape index (κ1) is 13.9. The van der Waals surface area contributed by atoms with Gasteiger partial charge >= 0.3 is 0 Å². The average Bonchev–Trinajstić information content (AvgIpc) is 2.32. The molecule has 1 saturated heterocycles. The second-order valence-electron chi connectivity index (χ2n) is 3.97. The van der Waals surface area contributed by atoms with Gasteiger partial charge in [-0.25, -0.2) is 0 Å². The van der Waals surface area contributed by atoms with E-state index in [-0.39, 0.29) is 12.6 Å². The van der Waals surface area contributed by atoms with E-state index in [1.807, 2.05) is 0 Å². The summed E-state index contributed by atoms with van der Waals surface area (Å²) in [6.07, 6.45) is 3.98. The molecule has 96 valence electrons. The quantitative estimate of drug-likeness (QED) is 0.602. The van der Waals surface area contributed by atoms with E-state index >= 15 is 0 Å². The van der Waals surface area contributed by atoms with Crippen molar-refractivity contribution < 1.29 is 18.9 Å². The summed E-state index contributed by atoms with van der Waals surface area (Å²) in [5.41, 5.74) is 0. The molecule has 2 unspecified atom stereocenters. The molecule has 0 saturated carbocycles. The minimum atomic E-state index is -0.211. The summed E-state index contributed by atoms with van der Waals surface area (Å²) in [4.78, 5) is 0. The fraction of sp³-hybridized carbons (Fsp3) is 1.00. The maximum atomic E-state index is 5.50. The van der Waals surface area contributed by atoms with Crippen LogP contribution in [0.2, 0.25) is 0 Å². The van der Waals surface area contributed by atoms with E-state index in [0.717, 1.165) is 38.9 Å². The molecule has 1 aliphatic heterocycles. The minimum Gasteiger partial charge on any atom is -0.350 e. The van der Waals surface area contributed by atoms with Crippen LogP contribution < -0.4 is 0 Å². The van der Waals surface area contributed by atoms with E-state index in [0.29, 0.717) is 13.2 Å². The maximum absolute atomic E-state index is 5.50. The van der Waals surface area contributed by atoms with Crippen LogP contribution in [0, 0.1) is 0 Å². The zero-order chi connectivity index (χ0) is 11.6. The first-order chi connectivity index (χ1) is 7.86. The third kappa shape index (κ3) is 5.80. The molecule has 0 aliphatic carbocycles. The van der Waals surface area contributed by atoms with Crippen molar-refractivity contribution in [2.45, 2.75) is 52.1 Å². The summed E-state index contributed by atoms with van der Waals surface area (Å²) in [5.74, 6) is 0. The van der Waals surface area contributed by atoms with Crippen molar-refractivity contribution in [2.75, 3.05) is 26.4 Å². The SMILES string of the molecule is CCCCOC1COC(OCCCC)CO1. The molecule has 4 nitrogen and oxygen atoms in total. The van der Waals surface area contributed by atoms with Crippen molar-refractivity contribution in [2.24, 2.45) is 0 Å². The van der Waals surface area contributed by atoms with Crippen molar-refractivity contribution in [3.8, 4) is 0 Å². The molecule has 1 aliphatic rings. The van der Waals surface area contributed by atoms with Gasteiger partial charge in [0, 0.05) is 13.2 Å². The fourth-order valence-electron chi connectivity index (χ4n) is 1.38. The molecule has 1 rings (SSSR count). The summed E-state index contributed by atoms with van der Waals surface area (Å²) in [5, 5.41) is 0. The topological polar surface area (TPSA) is 36.9 Å². The Morgan fingerprint density at radius 1 is 0.875 bits per heavy atom. The van der Waals surface area contributed by atoms with Gasteiger partial charge in [0.15, 0.2) is 12.6 Å². The monoisotopic (exact) mass is 232 g/mol. The number of unbranched alkanes of at least 4 members (excludes halogenated alkanes) is 2. The van der Waals surface area contributed by atoms with Crippen LogP contribution in [-0.4, -0.2) is 39.0 Å². The van der Waals surface area contributed by atoms with E-state index < -0.39 is 0 Å². The van der Waals surface area contributed by atoms with Gasteiger partial charge in [0.2, 0.25) is 0 Å². The first-order valence-corrected chi connectivity index (χ1v) is 6.33. The Morgan fingerprint density at radius 3 is 1.62 bits per heavy atom. The molecule has 0 radical (unpaired) electrons. The second-order valence-corrected chi connectivity index (χ2v) is 3.97. The van der Waals surface area contributed by atoms with Crippen molar-refractivity contribution in [3.05, 3.63) is 0 Å². The lowest BCUT2D eigenvalue weighted by atomic mass is 10.4. The lowest BCUT2D eigenvalue weighted by Crippen LogP contribution is -2.38. The van der Waals surface area contributed by atoms with Gasteiger partial charge in [-0.3, -0.25) is 0 Å². The Kier molecular flexibility index (Phi) is 7.76. The second kappa shape index (κ2) is 8.93. The first-order valence-electron chi connectivity index (χ1n) is 6.33. The van der Waals surface area contributed by atoms with Gasteiger partial charge in [0.25, 0.3) is 0 Å². The standard InChI is InChI=1S/C12H24O4/c1-3-5-7-13-11-9-16-12(10-15-11)14-8-6-4-2/h11-12H,3-10H2,1-2H3. The molecule has 0 bridgehead atoms. The lowest BCUT2D eigenvalue weighted by Gasteiger charge is -2.29. The highest BCUT2D eigenvalue weighted by molar-refractivity contribution is 4.54. The normalized spacial score (nSPS) is 25.9. The summed E-state index contributed by atoms with van der Waals surface area (Å²) < 4.78 is 22.0. The summed E-state index contributed by atoms with van der Waals surface area (Å²) >= 11 is 0. The number of ether oxygens (including phenoxy) is 4. The Balaban J connectivity index is 2.00. The van der Waals surface area contributed by atoms with Gasteiger partial charge in [0.1, 0.15) is 13.2 Å². The van der Waals surface area contributed by atoms with E-state index in [1.54, 1.807) is 0 Å². The number of rotatable bonds is 8. The Labute approximate surface area is 98.2 Å². The highest BCUT2D eigenvalue weighted by Crippen LogP contribution is 2.10. The largest absolute Gasteiger partial charge is 0.350 e.